The number of amides is 2. The zero-order valence-electron chi connectivity index (χ0n) is 41.0. The molecule has 0 aromatic carbocycles. The maximum Gasteiger partial charge on any atom is 0.261 e. The molecule has 4 heterocycles. The topological polar surface area (TPSA) is 74.8 Å². The van der Waals surface area contributed by atoms with Crippen LogP contribution in [0.2, 0.25) is 0 Å². The number of rotatable bonds is 40. The highest BCUT2D eigenvalue weighted by molar-refractivity contribution is 7.15. The van der Waals surface area contributed by atoms with E-state index in [0.29, 0.717) is 57.2 Å². The quantitative estimate of drug-likeness (QED) is 0.0493. The number of hydrogen-bond acceptors (Lipinski definition) is 6. The van der Waals surface area contributed by atoms with Crippen molar-refractivity contribution >= 4 is 58.5 Å². The lowest BCUT2D eigenvalue weighted by Crippen LogP contribution is -2.34. The zero-order chi connectivity index (χ0) is 45.8. The molecule has 2 aromatic heterocycles. The monoisotopic (exact) mass is 917 g/mol. The van der Waals surface area contributed by atoms with Crippen molar-refractivity contribution in [1.29, 1.82) is 0 Å². The lowest BCUT2D eigenvalue weighted by molar-refractivity contribution is -0.124. The zero-order valence-corrected chi connectivity index (χ0v) is 42.6. The van der Waals surface area contributed by atoms with Crippen LogP contribution >= 0.6 is 22.7 Å². The van der Waals surface area contributed by atoms with Gasteiger partial charge in [0.2, 0.25) is 0 Å². The SMILES string of the molecule is CCCCCCCCCCC(CCCCCCCC)CN1C(=O)C2=C(c3ccc(C=O)s3)N(CC(CCCCCCCC)CCCCCCCCCC)C(=O)C2=C1c1ccc(C=O)s1. The van der Waals surface area contributed by atoms with Gasteiger partial charge in [-0.15, -0.1) is 22.7 Å². The molecule has 0 spiro atoms. The fraction of sp³-hybridized carbons (Fsp3) is 0.714. The highest BCUT2D eigenvalue weighted by Gasteiger charge is 2.50. The number of nitrogens with zero attached hydrogens (tertiary/aromatic N) is 2. The first kappa shape index (κ1) is 53.8. The Morgan fingerprint density at radius 1 is 0.406 bits per heavy atom. The highest BCUT2D eigenvalue weighted by atomic mass is 32.1. The molecule has 8 heteroatoms. The fourth-order valence-electron chi connectivity index (χ4n) is 10.1. The molecule has 2 unspecified atom stereocenters. The van der Waals surface area contributed by atoms with Crippen molar-refractivity contribution in [1.82, 2.24) is 9.80 Å². The van der Waals surface area contributed by atoms with E-state index in [2.05, 4.69) is 27.7 Å². The summed E-state index contributed by atoms with van der Waals surface area (Å²) >= 11 is 2.76. The number of thiophene rings is 2. The molecule has 2 aromatic rings. The van der Waals surface area contributed by atoms with Crippen LogP contribution < -0.4 is 0 Å². The number of carbonyl (C=O) groups is 4. The van der Waals surface area contributed by atoms with Gasteiger partial charge in [0.1, 0.15) is 0 Å². The Kier molecular flexibility index (Phi) is 26.9. The van der Waals surface area contributed by atoms with Gasteiger partial charge in [0, 0.05) is 13.1 Å². The summed E-state index contributed by atoms with van der Waals surface area (Å²) in [6.45, 7) is 10.2. The molecular formula is C56H88N2O4S2. The van der Waals surface area contributed by atoms with Gasteiger partial charge in [0.25, 0.3) is 11.8 Å². The molecule has 0 bridgehead atoms. The minimum absolute atomic E-state index is 0.0997. The molecule has 0 fully saturated rings. The number of hydrogen-bond donors (Lipinski definition) is 0. The molecule has 6 nitrogen and oxygen atoms in total. The average molecular weight is 917 g/mol. The lowest BCUT2D eigenvalue weighted by Gasteiger charge is -2.29. The van der Waals surface area contributed by atoms with E-state index in [-0.39, 0.29) is 11.8 Å². The third-order valence-corrected chi connectivity index (χ3v) is 15.9. The molecule has 0 saturated heterocycles. The molecule has 2 atom stereocenters. The fourth-order valence-corrected chi connectivity index (χ4v) is 11.8. The van der Waals surface area contributed by atoms with Crippen molar-refractivity contribution < 1.29 is 19.2 Å². The van der Waals surface area contributed by atoms with Crippen LogP contribution in [0, 0.1) is 11.8 Å². The van der Waals surface area contributed by atoms with Crippen LogP contribution in [0.1, 0.15) is 262 Å². The normalized spacial score (nSPS) is 15.0. The Labute approximate surface area is 398 Å². The molecule has 0 saturated carbocycles. The predicted molar refractivity (Wildman–Crippen MR) is 274 cm³/mol. The smallest absolute Gasteiger partial charge is 0.261 e. The number of fused-ring (bicyclic) bond motifs is 1. The second-order valence-corrected chi connectivity index (χ2v) is 21.5. The summed E-state index contributed by atoms with van der Waals surface area (Å²) in [5.74, 6) is 0.444. The summed E-state index contributed by atoms with van der Waals surface area (Å²) in [6.07, 6.45) is 41.2. The van der Waals surface area contributed by atoms with Gasteiger partial charge in [0.15, 0.2) is 12.6 Å². The van der Waals surface area contributed by atoms with Crippen LogP contribution in [0.3, 0.4) is 0 Å². The third kappa shape index (κ3) is 17.4. The van der Waals surface area contributed by atoms with Crippen molar-refractivity contribution in [3.8, 4) is 0 Å². The van der Waals surface area contributed by atoms with Gasteiger partial charge >= 0.3 is 0 Å². The molecule has 4 rings (SSSR count). The van der Waals surface area contributed by atoms with Crippen molar-refractivity contribution in [3.05, 3.63) is 54.9 Å². The first-order chi connectivity index (χ1) is 31.4. The molecule has 2 aliphatic heterocycles. The standard InChI is InChI=1S/C56H88N2O4S2/c1-5-9-13-17-21-23-27-31-35-45(33-29-25-19-15-11-7-3)41-57-53(49-39-37-47(43-59)63-49)51-52(55(57)61)54(50-40-38-48(44-60)64-50)58(56(51)62)42-46(34-30-26-20-16-12-8-4)36-32-28-24-22-18-14-10-6-2/h37-40,43-46H,5-36,41-42H2,1-4H3. The first-order valence-electron chi connectivity index (χ1n) is 26.6. The van der Waals surface area contributed by atoms with E-state index in [9.17, 15) is 9.59 Å². The van der Waals surface area contributed by atoms with Crippen molar-refractivity contribution in [2.24, 2.45) is 11.8 Å². The second-order valence-electron chi connectivity index (χ2n) is 19.3. The Hall–Kier alpha value is -2.84. The second kappa shape index (κ2) is 32.0. The minimum Gasteiger partial charge on any atom is -0.306 e. The molecular weight excluding hydrogens is 829 g/mol. The maximum absolute atomic E-state index is 15.3. The van der Waals surface area contributed by atoms with Crippen molar-refractivity contribution in [2.75, 3.05) is 13.1 Å². The highest BCUT2D eigenvalue weighted by Crippen LogP contribution is 2.49. The molecule has 358 valence electrons. The van der Waals surface area contributed by atoms with Gasteiger partial charge in [-0.25, -0.2) is 0 Å². The van der Waals surface area contributed by atoms with Crippen molar-refractivity contribution in [3.63, 3.8) is 0 Å². The first-order valence-corrected chi connectivity index (χ1v) is 28.3. The largest absolute Gasteiger partial charge is 0.306 e. The minimum atomic E-state index is -0.0997. The van der Waals surface area contributed by atoms with Gasteiger partial charge < -0.3 is 9.80 Å². The summed E-state index contributed by atoms with van der Waals surface area (Å²) in [4.78, 5) is 61.5. The number of unbranched alkanes of at least 4 members (excludes halogenated alkanes) is 24. The van der Waals surface area contributed by atoms with Gasteiger partial charge in [-0.05, 0) is 61.8 Å². The van der Waals surface area contributed by atoms with Crippen LogP contribution in [-0.2, 0) is 9.59 Å². The van der Waals surface area contributed by atoms with Gasteiger partial charge in [-0.1, -0.05) is 207 Å². The Morgan fingerprint density at radius 2 is 0.672 bits per heavy atom. The number of carbonyl (C=O) groups excluding carboxylic acids is 4. The Balaban J connectivity index is 1.66. The molecule has 2 aliphatic rings. The van der Waals surface area contributed by atoms with Gasteiger partial charge in [0.05, 0.1) is 42.0 Å². The number of aldehydes is 2. The third-order valence-electron chi connectivity index (χ3n) is 13.9. The average Bonchev–Trinajstić information content (AvgIpc) is 4.10. The maximum atomic E-state index is 15.3. The Morgan fingerprint density at radius 3 is 0.922 bits per heavy atom. The van der Waals surface area contributed by atoms with Gasteiger partial charge in [-0.3, -0.25) is 19.2 Å². The van der Waals surface area contributed by atoms with E-state index in [1.807, 2.05) is 34.1 Å². The summed E-state index contributed by atoms with van der Waals surface area (Å²) in [5, 5.41) is 0. The van der Waals surface area contributed by atoms with Crippen LogP contribution in [-0.4, -0.2) is 47.3 Å². The van der Waals surface area contributed by atoms with E-state index < -0.39 is 0 Å². The predicted octanol–water partition coefficient (Wildman–Crippen LogP) is 17.0. The summed E-state index contributed by atoms with van der Waals surface area (Å²) < 4.78 is 0. The molecule has 2 amide bonds. The van der Waals surface area contributed by atoms with E-state index in [4.69, 9.17) is 0 Å². The van der Waals surface area contributed by atoms with E-state index in [1.165, 1.54) is 177 Å². The molecule has 0 aliphatic carbocycles. The summed E-state index contributed by atoms with van der Waals surface area (Å²) in [6, 6.07) is 7.53. The van der Waals surface area contributed by atoms with Crippen LogP contribution in [0.4, 0.5) is 0 Å². The Bertz CT molecular complexity index is 1600. The lowest BCUT2D eigenvalue weighted by atomic mass is 9.93. The molecule has 64 heavy (non-hydrogen) atoms. The van der Waals surface area contributed by atoms with Gasteiger partial charge in [-0.2, -0.15) is 0 Å². The molecule has 0 N–H and O–H groups in total. The summed E-state index contributed by atoms with van der Waals surface area (Å²) in [5.41, 5.74) is 2.37. The van der Waals surface area contributed by atoms with Crippen molar-refractivity contribution in [2.45, 2.75) is 233 Å². The molecule has 0 radical (unpaired) electrons. The van der Waals surface area contributed by atoms with E-state index in [1.54, 1.807) is 0 Å². The van der Waals surface area contributed by atoms with Crippen LogP contribution in [0.25, 0.3) is 11.4 Å². The van der Waals surface area contributed by atoms with Crippen LogP contribution in [0.15, 0.2) is 35.4 Å². The summed E-state index contributed by atoms with van der Waals surface area (Å²) in [7, 11) is 0. The van der Waals surface area contributed by atoms with E-state index in [0.717, 1.165) is 73.7 Å². The van der Waals surface area contributed by atoms with E-state index >= 15 is 9.59 Å². The van der Waals surface area contributed by atoms with Crippen LogP contribution in [0.5, 0.6) is 0 Å².